The molecule has 9 heteroatoms. The second-order valence-corrected chi connectivity index (χ2v) is 11.6. The molecule has 0 radical (unpaired) electrons. The fourth-order valence-electron chi connectivity index (χ4n) is 6.43. The van der Waals surface area contributed by atoms with E-state index in [9.17, 15) is 15.0 Å². The Morgan fingerprint density at radius 2 is 2.02 bits per heavy atom. The molecule has 2 fully saturated rings. The first-order valence-electron chi connectivity index (χ1n) is 14.8. The van der Waals surface area contributed by atoms with Gasteiger partial charge in [-0.25, -0.2) is 0 Å². The summed E-state index contributed by atoms with van der Waals surface area (Å²) >= 11 is 0. The quantitative estimate of drug-likeness (QED) is 0.157. The minimum absolute atomic E-state index is 0.0610. The number of aromatic hydroxyl groups is 1. The van der Waals surface area contributed by atoms with Gasteiger partial charge in [0.1, 0.15) is 12.2 Å². The molecule has 1 saturated heterocycles. The highest BCUT2D eigenvalue weighted by molar-refractivity contribution is 5.78. The Kier molecular flexibility index (Phi) is 10.6. The number of guanidine groups is 1. The third-order valence-corrected chi connectivity index (χ3v) is 8.67. The summed E-state index contributed by atoms with van der Waals surface area (Å²) in [7, 11) is 1.67. The van der Waals surface area contributed by atoms with Crippen LogP contribution in [0.1, 0.15) is 76.7 Å². The van der Waals surface area contributed by atoms with E-state index in [1.54, 1.807) is 13.1 Å². The molecule has 0 amide bonds. The number of ether oxygens (including phenoxy) is 2. The highest BCUT2D eigenvalue weighted by Gasteiger charge is 2.41. The van der Waals surface area contributed by atoms with E-state index >= 15 is 0 Å². The van der Waals surface area contributed by atoms with Crippen LogP contribution in [-0.2, 0) is 16.0 Å². The van der Waals surface area contributed by atoms with Gasteiger partial charge in [-0.15, -0.1) is 5.92 Å². The number of phenolic OH excluding ortho intramolecular Hbond substituents is 1. The van der Waals surface area contributed by atoms with Gasteiger partial charge in [0.15, 0.2) is 17.5 Å². The SMILES string of the molecule is CN=C(N)N[C@@H]1CCCC[C@]12C#CC[C@@H](Cc1ccc(O)c(OC3CCNCC3)c1)[C@@H](OC(C)=O)C[C@@H](O)CC2. The summed E-state index contributed by atoms with van der Waals surface area (Å²) in [5.74, 6) is 7.62. The second-order valence-electron chi connectivity index (χ2n) is 11.6. The predicted molar refractivity (Wildman–Crippen MR) is 155 cm³/mol. The molecule has 9 nitrogen and oxygen atoms in total. The number of esters is 1. The number of benzene rings is 1. The number of aliphatic hydroxyl groups excluding tert-OH is 1. The number of hydrogen-bond donors (Lipinski definition) is 5. The number of nitrogens with two attached hydrogens (primary N) is 1. The van der Waals surface area contributed by atoms with E-state index in [-0.39, 0.29) is 35.2 Å². The highest BCUT2D eigenvalue weighted by atomic mass is 16.5. The number of nitrogens with one attached hydrogen (secondary N) is 2. The standard InChI is InChI=1S/C31H46N4O5/c1-21(36)39-27-20-24(37)10-15-31(13-4-3-7-29(31)35-30(32)33-2)14-5-6-23(27)18-22-8-9-26(38)28(19-22)40-25-11-16-34-17-12-25/h8-9,19,23-25,27,29,34,37-38H,3-4,6-7,10-13,15-18,20H2,1-2H3,(H3,32,33,35)/t23-,24-,27-,29+,31+/m0/s1. The lowest BCUT2D eigenvalue weighted by Gasteiger charge is -2.42. The van der Waals surface area contributed by atoms with E-state index < -0.39 is 12.2 Å². The van der Waals surface area contributed by atoms with Gasteiger partial charge in [-0.1, -0.05) is 24.8 Å². The summed E-state index contributed by atoms with van der Waals surface area (Å²) in [6.45, 7) is 3.20. The monoisotopic (exact) mass is 554 g/mol. The fraction of sp³-hybridized carbons (Fsp3) is 0.677. The molecule has 4 rings (SSSR count). The normalized spacial score (nSPS) is 30.1. The van der Waals surface area contributed by atoms with Crippen LogP contribution in [0.15, 0.2) is 23.2 Å². The molecule has 3 aliphatic rings. The maximum atomic E-state index is 12.1. The Morgan fingerprint density at radius 3 is 2.77 bits per heavy atom. The summed E-state index contributed by atoms with van der Waals surface area (Å²) in [4.78, 5) is 16.2. The molecule has 1 aromatic rings. The lowest BCUT2D eigenvalue weighted by molar-refractivity contribution is -0.151. The number of hydrogen-bond acceptors (Lipinski definition) is 7. The lowest BCUT2D eigenvalue weighted by atomic mass is 9.67. The minimum atomic E-state index is -0.623. The van der Waals surface area contributed by atoms with Crippen molar-refractivity contribution in [3.63, 3.8) is 0 Å². The van der Waals surface area contributed by atoms with E-state index in [2.05, 4.69) is 27.5 Å². The average molecular weight is 555 g/mol. The summed E-state index contributed by atoms with van der Waals surface area (Å²) in [5.41, 5.74) is 6.73. The van der Waals surface area contributed by atoms with Gasteiger partial charge in [0.25, 0.3) is 0 Å². The zero-order valence-corrected chi connectivity index (χ0v) is 24.0. The van der Waals surface area contributed by atoms with Gasteiger partial charge >= 0.3 is 5.97 Å². The fourth-order valence-corrected chi connectivity index (χ4v) is 6.43. The Morgan fingerprint density at radius 1 is 1.23 bits per heavy atom. The van der Waals surface area contributed by atoms with Gasteiger partial charge in [0, 0.05) is 38.8 Å². The van der Waals surface area contributed by atoms with Crippen molar-refractivity contribution in [1.82, 2.24) is 10.6 Å². The van der Waals surface area contributed by atoms with Crippen molar-refractivity contribution in [2.75, 3.05) is 20.1 Å². The van der Waals surface area contributed by atoms with Crippen molar-refractivity contribution < 1.29 is 24.5 Å². The van der Waals surface area contributed by atoms with Crippen molar-refractivity contribution >= 4 is 11.9 Å². The van der Waals surface area contributed by atoms with Crippen LogP contribution in [-0.4, -0.2) is 66.6 Å². The Labute approximate surface area is 238 Å². The maximum absolute atomic E-state index is 12.1. The molecule has 1 saturated carbocycles. The van der Waals surface area contributed by atoms with E-state index in [1.165, 1.54) is 6.92 Å². The molecule has 2 aliphatic carbocycles. The summed E-state index contributed by atoms with van der Waals surface area (Å²) in [5, 5.41) is 28.3. The number of aliphatic hydroxyl groups is 1. The Balaban J connectivity index is 1.60. The number of phenols is 1. The molecular weight excluding hydrogens is 508 g/mol. The van der Waals surface area contributed by atoms with Gasteiger partial charge in [0.05, 0.1) is 11.5 Å². The van der Waals surface area contributed by atoms with Crippen LogP contribution < -0.4 is 21.1 Å². The first kappa shape index (κ1) is 30.0. The minimum Gasteiger partial charge on any atom is -0.504 e. The number of rotatable bonds is 6. The zero-order valence-electron chi connectivity index (χ0n) is 24.0. The number of nitrogens with zero attached hydrogens (tertiary/aromatic N) is 1. The molecule has 1 heterocycles. The van der Waals surface area contributed by atoms with Gasteiger partial charge in [-0.2, -0.15) is 0 Å². The molecule has 5 atom stereocenters. The highest BCUT2D eigenvalue weighted by Crippen LogP contribution is 2.42. The molecule has 1 aliphatic heterocycles. The Bertz CT molecular complexity index is 1090. The van der Waals surface area contributed by atoms with E-state index in [1.807, 2.05) is 12.1 Å². The predicted octanol–water partition coefficient (Wildman–Crippen LogP) is 3.01. The topological polar surface area (TPSA) is 138 Å². The number of carbonyl (C=O) groups excluding carboxylic acids is 1. The van der Waals surface area contributed by atoms with Crippen molar-refractivity contribution in [2.45, 2.75) is 102 Å². The van der Waals surface area contributed by atoms with Crippen molar-refractivity contribution in [2.24, 2.45) is 22.1 Å². The van der Waals surface area contributed by atoms with Gasteiger partial charge in [0.2, 0.25) is 0 Å². The van der Waals surface area contributed by atoms with Gasteiger partial charge in [-0.05, 0) is 75.7 Å². The van der Waals surface area contributed by atoms with Crippen LogP contribution in [0.4, 0.5) is 0 Å². The first-order chi connectivity index (χ1) is 19.3. The summed E-state index contributed by atoms with van der Waals surface area (Å²) in [6.07, 6.45) is 7.57. The smallest absolute Gasteiger partial charge is 0.302 e. The third kappa shape index (κ3) is 8.05. The molecule has 1 aromatic carbocycles. The number of carbonyl (C=O) groups is 1. The molecule has 0 aromatic heterocycles. The van der Waals surface area contributed by atoms with Crippen LogP contribution in [0.5, 0.6) is 11.5 Å². The van der Waals surface area contributed by atoms with Crippen LogP contribution in [0, 0.1) is 23.2 Å². The van der Waals surface area contributed by atoms with Crippen molar-refractivity contribution in [3.05, 3.63) is 23.8 Å². The van der Waals surface area contributed by atoms with Crippen LogP contribution in [0.25, 0.3) is 0 Å². The molecule has 220 valence electrons. The largest absolute Gasteiger partial charge is 0.504 e. The number of aliphatic imine (C=N–C) groups is 1. The lowest BCUT2D eigenvalue weighted by Crippen LogP contribution is -2.51. The van der Waals surface area contributed by atoms with Crippen LogP contribution in [0.3, 0.4) is 0 Å². The van der Waals surface area contributed by atoms with E-state index in [0.717, 1.165) is 63.6 Å². The van der Waals surface area contributed by atoms with E-state index in [4.69, 9.17) is 15.2 Å². The van der Waals surface area contributed by atoms with Gasteiger partial charge < -0.3 is 36.1 Å². The average Bonchev–Trinajstić information content (AvgIpc) is 2.94. The Hall–Kier alpha value is -2.96. The van der Waals surface area contributed by atoms with E-state index in [0.29, 0.717) is 37.4 Å². The van der Waals surface area contributed by atoms with Crippen molar-refractivity contribution in [3.8, 4) is 23.3 Å². The summed E-state index contributed by atoms with van der Waals surface area (Å²) < 4.78 is 11.9. The number of piperidine rings is 1. The molecule has 0 bridgehead atoms. The van der Waals surface area contributed by atoms with Crippen LogP contribution >= 0.6 is 0 Å². The van der Waals surface area contributed by atoms with Gasteiger partial charge in [-0.3, -0.25) is 9.79 Å². The summed E-state index contributed by atoms with van der Waals surface area (Å²) in [6, 6.07) is 5.51. The molecular formula is C31H46N4O5. The molecule has 40 heavy (non-hydrogen) atoms. The molecule has 0 unspecified atom stereocenters. The van der Waals surface area contributed by atoms with Crippen molar-refractivity contribution in [1.29, 1.82) is 0 Å². The maximum Gasteiger partial charge on any atom is 0.302 e. The zero-order chi connectivity index (χ0) is 28.5. The third-order valence-electron chi connectivity index (χ3n) is 8.67. The molecule has 6 N–H and O–H groups in total. The second kappa shape index (κ2) is 14.1. The molecule has 1 spiro atoms. The first-order valence-corrected chi connectivity index (χ1v) is 14.8. The van der Waals surface area contributed by atoms with Crippen LogP contribution in [0.2, 0.25) is 0 Å².